The van der Waals surface area contributed by atoms with Crippen LogP contribution in [-0.4, -0.2) is 6.54 Å². The molecule has 0 atom stereocenters. The van der Waals surface area contributed by atoms with E-state index in [1.807, 2.05) is 0 Å². The summed E-state index contributed by atoms with van der Waals surface area (Å²) in [5, 5.41) is 3.36. The van der Waals surface area contributed by atoms with Gasteiger partial charge in [0.1, 0.15) is 0 Å². The molecule has 2 heteroatoms. The maximum atomic E-state index is 6.14. The number of benzene rings is 1. The van der Waals surface area contributed by atoms with Gasteiger partial charge < -0.3 is 11.1 Å². The Morgan fingerprint density at radius 2 is 2.15 bits per heavy atom. The first-order valence-corrected chi connectivity index (χ1v) is 4.94. The molecule has 2 aliphatic rings. The van der Waals surface area contributed by atoms with Crippen LogP contribution in [0.1, 0.15) is 24.0 Å². The van der Waals surface area contributed by atoms with E-state index < -0.39 is 0 Å². The van der Waals surface area contributed by atoms with E-state index in [1.54, 1.807) is 0 Å². The van der Waals surface area contributed by atoms with Gasteiger partial charge in [-0.2, -0.15) is 0 Å². The topological polar surface area (TPSA) is 38.0 Å². The van der Waals surface area contributed by atoms with Crippen molar-refractivity contribution in [3.63, 3.8) is 0 Å². The highest BCUT2D eigenvalue weighted by Gasteiger charge is 2.40. The minimum absolute atomic E-state index is 0.0254. The molecule has 1 fully saturated rings. The lowest BCUT2D eigenvalue weighted by atomic mass is 10.0. The van der Waals surface area contributed by atoms with Gasteiger partial charge in [-0.3, -0.25) is 0 Å². The first-order chi connectivity index (χ1) is 6.28. The lowest BCUT2D eigenvalue weighted by Crippen LogP contribution is -2.18. The summed E-state index contributed by atoms with van der Waals surface area (Å²) in [5.41, 5.74) is 10.2. The normalized spacial score (nSPS) is 22.2. The van der Waals surface area contributed by atoms with Gasteiger partial charge in [0, 0.05) is 17.8 Å². The van der Waals surface area contributed by atoms with E-state index in [0.29, 0.717) is 0 Å². The molecule has 2 nitrogen and oxygen atoms in total. The van der Waals surface area contributed by atoms with Gasteiger partial charge in [0.05, 0.1) is 0 Å². The predicted octanol–water partition coefficient (Wildman–Crippen LogP) is 1.60. The second-order valence-electron chi connectivity index (χ2n) is 4.20. The van der Waals surface area contributed by atoms with E-state index in [2.05, 4.69) is 23.5 Å². The van der Waals surface area contributed by atoms with Crippen molar-refractivity contribution in [1.29, 1.82) is 0 Å². The second-order valence-corrected chi connectivity index (χ2v) is 4.20. The van der Waals surface area contributed by atoms with Gasteiger partial charge in [0.25, 0.3) is 0 Å². The molecule has 0 bridgehead atoms. The quantitative estimate of drug-likeness (QED) is 0.678. The van der Waals surface area contributed by atoms with Crippen LogP contribution < -0.4 is 11.1 Å². The molecule has 0 aromatic heterocycles. The SMILES string of the molecule is NC1(c2ccc3c(c2)CCN3)CC1. The average molecular weight is 174 g/mol. The van der Waals surface area contributed by atoms with Crippen molar-refractivity contribution in [2.24, 2.45) is 5.73 Å². The first kappa shape index (κ1) is 7.39. The third-order valence-corrected chi connectivity index (χ3v) is 3.18. The van der Waals surface area contributed by atoms with Crippen LogP contribution in [0.4, 0.5) is 5.69 Å². The Morgan fingerprint density at radius 3 is 2.92 bits per heavy atom. The average Bonchev–Trinajstić information content (AvgIpc) is 2.74. The smallest absolute Gasteiger partial charge is 0.0411 e. The molecule has 1 aliphatic carbocycles. The summed E-state index contributed by atoms with van der Waals surface area (Å²) in [5.74, 6) is 0. The highest BCUT2D eigenvalue weighted by atomic mass is 14.9. The Morgan fingerprint density at radius 1 is 1.31 bits per heavy atom. The Hall–Kier alpha value is -1.02. The van der Waals surface area contributed by atoms with Crippen LogP contribution in [0, 0.1) is 0 Å². The van der Waals surface area contributed by atoms with Crippen LogP contribution in [0.15, 0.2) is 18.2 Å². The van der Waals surface area contributed by atoms with E-state index in [0.717, 1.165) is 25.8 Å². The number of nitrogens with one attached hydrogen (secondary N) is 1. The van der Waals surface area contributed by atoms with Crippen molar-refractivity contribution in [3.8, 4) is 0 Å². The maximum absolute atomic E-state index is 6.14. The number of hydrogen-bond donors (Lipinski definition) is 2. The molecule has 0 saturated heterocycles. The molecule has 3 rings (SSSR count). The van der Waals surface area contributed by atoms with Gasteiger partial charge in [-0.1, -0.05) is 12.1 Å². The van der Waals surface area contributed by atoms with Crippen molar-refractivity contribution in [2.45, 2.75) is 24.8 Å². The van der Waals surface area contributed by atoms with E-state index in [1.165, 1.54) is 16.8 Å². The van der Waals surface area contributed by atoms with Gasteiger partial charge in [0.15, 0.2) is 0 Å². The van der Waals surface area contributed by atoms with Crippen LogP contribution in [0.2, 0.25) is 0 Å². The zero-order valence-corrected chi connectivity index (χ0v) is 7.64. The van der Waals surface area contributed by atoms with Gasteiger partial charge in [0.2, 0.25) is 0 Å². The summed E-state index contributed by atoms with van der Waals surface area (Å²) < 4.78 is 0. The van der Waals surface area contributed by atoms with E-state index >= 15 is 0 Å². The van der Waals surface area contributed by atoms with E-state index in [-0.39, 0.29) is 5.54 Å². The Kier molecular flexibility index (Phi) is 1.29. The Labute approximate surface area is 78.1 Å². The zero-order chi connectivity index (χ0) is 8.89. The number of nitrogens with two attached hydrogens (primary N) is 1. The maximum Gasteiger partial charge on any atom is 0.0411 e. The van der Waals surface area contributed by atoms with Crippen molar-refractivity contribution in [2.75, 3.05) is 11.9 Å². The van der Waals surface area contributed by atoms with Crippen molar-refractivity contribution in [1.82, 2.24) is 0 Å². The number of anilines is 1. The fourth-order valence-electron chi connectivity index (χ4n) is 2.04. The molecule has 1 aromatic rings. The van der Waals surface area contributed by atoms with Crippen LogP contribution in [0.5, 0.6) is 0 Å². The zero-order valence-electron chi connectivity index (χ0n) is 7.64. The molecule has 0 radical (unpaired) electrons. The second kappa shape index (κ2) is 2.26. The van der Waals surface area contributed by atoms with Gasteiger partial charge in [-0.05, 0) is 36.5 Å². The third kappa shape index (κ3) is 1.05. The molecule has 3 N–H and O–H groups in total. The minimum atomic E-state index is 0.0254. The van der Waals surface area contributed by atoms with Crippen LogP contribution >= 0.6 is 0 Å². The van der Waals surface area contributed by atoms with Gasteiger partial charge >= 0.3 is 0 Å². The van der Waals surface area contributed by atoms with Gasteiger partial charge in [-0.25, -0.2) is 0 Å². The highest BCUT2D eigenvalue weighted by Crippen LogP contribution is 2.43. The highest BCUT2D eigenvalue weighted by molar-refractivity contribution is 5.57. The molecular formula is C11H14N2. The summed E-state index contributed by atoms with van der Waals surface area (Å²) in [6.07, 6.45) is 3.46. The molecule has 0 unspecified atom stereocenters. The van der Waals surface area contributed by atoms with Crippen molar-refractivity contribution in [3.05, 3.63) is 29.3 Å². The van der Waals surface area contributed by atoms with Crippen LogP contribution in [-0.2, 0) is 12.0 Å². The molecule has 1 aromatic carbocycles. The summed E-state index contributed by atoms with van der Waals surface area (Å²) in [7, 11) is 0. The Bertz CT molecular complexity index is 353. The minimum Gasteiger partial charge on any atom is -0.384 e. The number of rotatable bonds is 1. The fourth-order valence-corrected chi connectivity index (χ4v) is 2.04. The summed E-state index contributed by atoms with van der Waals surface area (Å²) in [6.45, 7) is 1.08. The molecule has 1 saturated carbocycles. The Balaban J connectivity index is 2.05. The van der Waals surface area contributed by atoms with Crippen LogP contribution in [0.3, 0.4) is 0 Å². The number of hydrogen-bond acceptors (Lipinski definition) is 2. The fraction of sp³-hybridized carbons (Fsp3) is 0.455. The molecule has 68 valence electrons. The van der Waals surface area contributed by atoms with E-state index in [9.17, 15) is 0 Å². The predicted molar refractivity (Wildman–Crippen MR) is 53.7 cm³/mol. The number of fused-ring (bicyclic) bond motifs is 1. The van der Waals surface area contributed by atoms with Crippen molar-refractivity contribution < 1.29 is 0 Å². The summed E-state index contributed by atoms with van der Waals surface area (Å²) >= 11 is 0. The van der Waals surface area contributed by atoms with Crippen LogP contribution in [0.25, 0.3) is 0 Å². The van der Waals surface area contributed by atoms with Crippen molar-refractivity contribution >= 4 is 5.69 Å². The van der Waals surface area contributed by atoms with E-state index in [4.69, 9.17) is 5.73 Å². The summed E-state index contributed by atoms with van der Waals surface area (Å²) in [6, 6.07) is 6.62. The molecule has 1 aliphatic heterocycles. The first-order valence-electron chi connectivity index (χ1n) is 4.94. The molecule has 1 heterocycles. The molecular weight excluding hydrogens is 160 g/mol. The molecule has 0 spiro atoms. The monoisotopic (exact) mass is 174 g/mol. The lowest BCUT2D eigenvalue weighted by Gasteiger charge is -2.10. The molecule has 13 heavy (non-hydrogen) atoms. The standard InChI is InChI=1S/C11H14N2/c12-11(4-5-11)9-1-2-10-8(7-9)3-6-13-10/h1-2,7,13H,3-6,12H2. The largest absolute Gasteiger partial charge is 0.384 e. The molecule has 0 amide bonds. The summed E-state index contributed by atoms with van der Waals surface area (Å²) in [4.78, 5) is 0. The third-order valence-electron chi connectivity index (χ3n) is 3.18. The van der Waals surface area contributed by atoms with Gasteiger partial charge in [-0.15, -0.1) is 0 Å². The lowest BCUT2D eigenvalue weighted by molar-refractivity contribution is 0.739.